The van der Waals surface area contributed by atoms with Crippen molar-refractivity contribution >= 4 is 56.3 Å². The van der Waals surface area contributed by atoms with E-state index in [9.17, 15) is 10.2 Å². The van der Waals surface area contributed by atoms with Crippen molar-refractivity contribution in [2.24, 2.45) is 0 Å². The molecule has 0 saturated carbocycles. The first kappa shape index (κ1) is 63.8. The van der Waals surface area contributed by atoms with E-state index < -0.39 is 11.9 Å². The molecule has 19 nitrogen and oxygen atoms in total. The van der Waals surface area contributed by atoms with E-state index in [4.69, 9.17) is 77.6 Å². The van der Waals surface area contributed by atoms with Crippen molar-refractivity contribution in [1.82, 2.24) is 24.9 Å². The number of aliphatic hydroxyl groups excluding tert-OH is 2. The van der Waals surface area contributed by atoms with Gasteiger partial charge in [0.1, 0.15) is 13.2 Å². The second-order valence-electron chi connectivity index (χ2n) is 16.1. The molecule has 0 spiro atoms. The molecule has 6 bridgehead atoms. The van der Waals surface area contributed by atoms with Crippen molar-refractivity contribution in [2.45, 2.75) is 80.1 Å². The zero-order chi connectivity index (χ0) is 52.0. The summed E-state index contributed by atoms with van der Waals surface area (Å²) in [5.74, 6) is -0.238. The minimum atomic E-state index is -0.583. The molecule has 397 valence electrons. The number of aliphatic hydroxyl groups is 2. The van der Waals surface area contributed by atoms with Gasteiger partial charge in [-0.05, 0) is 97.9 Å². The maximum Gasteiger partial charge on any atom is 3.00 e. The van der Waals surface area contributed by atoms with Gasteiger partial charge in [0.2, 0.25) is 0 Å². The maximum absolute atomic E-state index is 9.86. The Morgan fingerprint density at radius 3 is 1.21 bits per heavy atom. The minimum Gasteiger partial charge on any atom is -0.565 e. The van der Waals surface area contributed by atoms with Gasteiger partial charge < -0.3 is 63.3 Å². The van der Waals surface area contributed by atoms with Crippen LogP contribution in [-0.4, -0.2) is 164 Å². The molecule has 0 unspecified atom stereocenters. The molecule has 2 aliphatic rings. The number of hydrogen-bond donors (Lipinski definition) is 3. The molecule has 3 aromatic rings. The van der Waals surface area contributed by atoms with Crippen LogP contribution in [0, 0.1) is 39.9 Å². The van der Waals surface area contributed by atoms with Gasteiger partial charge in [0, 0.05) is 60.2 Å². The summed E-state index contributed by atoms with van der Waals surface area (Å²) in [4.78, 5) is 42.3. The number of aromatic amines is 1. The number of carbonyl (C=O) groups excluding carboxylic acids is 2. The number of hydrogen-bond acceptors (Lipinski definition) is 16. The molecule has 1 radical (unpaired) electrons. The van der Waals surface area contributed by atoms with E-state index in [1.807, 2.05) is 12.1 Å². The Balaban J connectivity index is 0.00000183. The Kier molecular flexibility index (Phi) is 32.4. The second kappa shape index (κ2) is 36.6. The van der Waals surface area contributed by atoms with E-state index in [-0.39, 0.29) is 66.4 Å². The van der Waals surface area contributed by atoms with Crippen LogP contribution >= 0.6 is 0 Å². The molecule has 0 atom stereocenters. The second-order valence-corrected chi connectivity index (χ2v) is 16.1. The molecule has 0 aliphatic carbocycles. The van der Waals surface area contributed by atoms with Crippen LogP contribution < -0.4 is 9.47 Å². The SMILES string of the molecule is CC(=O)[OH2+].CC(=O)[OH2+].CCc1c(CC)c2cc3nc(cnc4cc(OCCOCCOCCOC)c(OCCOCCOCCOC)cc4ncc4nc(cc1[nH]2)C(CCCO)=C4C)C(C)=C3CCCO.[Gd+3]. The average molecular weight is 1150 g/mol. The number of allylic oxidation sites excluding steroid dienone is 4. The third-order valence-electron chi connectivity index (χ3n) is 10.8. The van der Waals surface area contributed by atoms with E-state index in [2.05, 4.69) is 44.8 Å². The van der Waals surface area contributed by atoms with Crippen molar-refractivity contribution in [3.8, 4) is 11.5 Å². The Morgan fingerprint density at radius 1 is 0.556 bits per heavy atom. The van der Waals surface area contributed by atoms with Gasteiger partial charge in [0.25, 0.3) is 0 Å². The average Bonchev–Trinajstić information content (AvgIpc) is 3.94. The molecular weight excluding hydrogens is 1080 g/mol. The zero-order valence-corrected chi connectivity index (χ0v) is 45.5. The molecule has 5 rings (SSSR count). The van der Waals surface area contributed by atoms with E-state index in [0.29, 0.717) is 114 Å². The first-order valence-corrected chi connectivity index (χ1v) is 24.1. The van der Waals surface area contributed by atoms with Crippen molar-refractivity contribution in [3.05, 3.63) is 70.6 Å². The summed E-state index contributed by atoms with van der Waals surface area (Å²) >= 11 is 0. The van der Waals surface area contributed by atoms with E-state index in [1.165, 1.54) is 25.0 Å². The number of ether oxygens (including phenoxy) is 8. The van der Waals surface area contributed by atoms with Gasteiger partial charge in [-0.3, -0.25) is 9.97 Å². The number of methoxy groups -OCH3 is 2. The largest absolute Gasteiger partial charge is 3.00 e. The van der Waals surface area contributed by atoms with Gasteiger partial charge in [0.15, 0.2) is 11.5 Å². The molecule has 2 aliphatic heterocycles. The van der Waals surface area contributed by atoms with Gasteiger partial charge in [-0.1, -0.05) is 13.8 Å². The number of carbonyl (C=O) groups is 2. The fourth-order valence-corrected chi connectivity index (χ4v) is 7.42. The van der Waals surface area contributed by atoms with E-state index >= 15 is 0 Å². The van der Waals surface area contributed by atoms with Crippen LogP contribution in [0.3, 0.4) is 0 Å². The van der Waals surface area contributed by atoms with Gasteiger partial charge in [0.05, 0.1) is 126 Å². The van der Waals surface area contributed by atoms with Crippen LogP contribution in [0.5, 0.6) is 11.5 Å². The fourth-order valence-electron chi connectivity index (χ4n) is 7.42. The predicted octanol–water partition coefficient (Wildman–Crippen LogP) is 5.50. The smallest absolute Gasteiger partial charge is 0.565 e. The molecule has 72 heavy (non-hydrogen) atoms. The fraction of sp³-hybridized carbons (Fsp3) is 0.538. The first-order valence-electron chi connectivity index (χ1n) is 24.1. The summed E-state index contributed by atoms with van der Waals surface area (Å²) in [5.41, 5.74) is 12.8. The predicted molar refractivity (Wildman–Crippen MR) is 274 cm³/mol. The van der Waals surface area contributed by atoms with Gasteiger partial charge in [-0.25, -0.2) is 9.97 Å². The molecule has 2 aromatic heterocycles. The minimum absolute atomic E-state index is 0. The molecule has 4 heterocycles. The zero-order valence-electron chi connectivity index (χ0n) is 43.2. The van der Waals surface area contributed by atoms with Gasteiger partial charge >= 0.3 is 51.9 Å². The third-order valence-corrected chi connectivity index (χ3v) is 10.8. The number of fused-ring (bicyclic) bond motifs is 7. The van der Waals surface area contributed by atoms with Crippen LogP contribution in [0.2, 0.25) is 0 Å². The van der Waals surface area contributed by atoms with Crippen molar-refractivity contribution in [2.75, 3.05) is 107 Å². The Morgan fingerprint density at radius 2 is 0.889 bits per heavy atom. The monoisotopic (exact) mass is 1150 g/mol. The summed E-state index contributed by atoms with van der Waals surface area (Å²) in [6, 6.07) is 7.90. The van der Waals surface area contributed by atoms with Crippen LogP contribution in [0.4, 0.5) is 0 Å². The van der Waals surface area contributed by atoms with Crippen molar-refractivity contribution in [1.29, 1.82) is 0 Å². The number of rotatable bonds is 28. The topological polar surface area (TPSA) is 262 Å². The van der Waals surface area contributed by atoms with Crippen LogP contribution in [0.15, 0.2) is 36.7 Å². The van der Waals surface area contributed by atoms with E-state index in [0.717, 1.165) is 68.9 Å². The number of aromatic nitrogens is 5. The Labute approximate surface area is 455 Å². The Bertz CT molecular complexity index is 2240. The van der Waals surface area contributed by atoms with Crippen LogP contribution in [0.1, 0.15) is 101 Å². The van der Waals surface area contributed by atoms with Crippen molar-refractivity contribution in [3.63, 3.8) is 0 Å². The summed E-state index contributed by atoms with van der Waals surface area (Å²) in [5, 5.41) is 31.6. The summed E-state index contributed by atoms with van der Waals surface area (Å²) in [6.07, 6.45) is 7.74. The number of nitrogens with zero attached hydrogens (tertiary/aromatic N) is 4. The third kappa shape index (κ3) is 22.0. The van der Waals surface area contributed by atoms with Crippen molar-refractivity contribution < 1.29 is 108 Å². The Hall–Kier alpha value is -4.32. The first-order chi connectivity index (χ1) is 34.3. The quantitative estimate of drug-likeness (QED) is 0.0599. The molecule has 20 heteroatoms. The summed E-state index contributed by atoms with van der Waals surface area (Å²) in [6.45, 7) is 15.9. The molecule has 0 fully saturated rings. The van der Waals surface area contributed by atoms with Gasteiger partial charge in [-0.15, -0.1) is 0 Å². The molecule has 0 amide bonds. The number of nitrogens with one attached hydrogen (secondary N) is 1. The number of H-pyrrole nitrogens is 1. The number of benzene rings is 1. The molecule has 0 saturated heterocycles. The standard InChI is InChI=1S/C48H67N5O10.2C2H4O2.Gd/c1-7-35-36(8-2)40-28-42-38(12-10-14-55)34(4)46(53-42)32-50-44-30-48(63-26-24-61-22-20-59-18-16-57-6)47(62-25-23-60-21-19-58-17-15-56-5)29-43(44)49-31-45-33(3)37(11-9-13-54)41(52-45)27-39(35)51-40;2*1-2(3)4;/h27-32,51,54-55H,7-26H2,1-6H3;2*1H3,(H,3,4);/q;;;+3/p+2. The van der Waals surface area contributed by atoms with E-state index in [1.54, 1.807) is 26.6 Å². The molecule has 7 N–H and O–H groups in total. The molecule has 1 aromatic carbocycles. The summed E-state index contributed by atoms with van der Waals surface area (Å²) in [7, 11) is 3.28. The van der Waals surface area contributed by atoms with Crippen LogP contribution in [0.25, 0.3) is 44.4 Å². The summed E-state index contributed by atoms with van der Waals surface area (Å²) < 4.78 is 45.3. The van der Waals surface area contributed by atoms with Crippen LogP contribution in [-0.2, 0) is 50.9 Å². The number of aryl methyl sites for hydroxylation is 2. The van der Waals surface area contributed by atoms with Gasteiger partial charge in [-0.2, -0.15) is 0 Å². The molecular formula is C52H77GdN5O14+5. The normalized spacial score (nSPS) is 11.8. The maximum atomic E-state index is 9.86.